The quantitative estimate of drug-likeness (QED) is 0.821. The first-order chi connectivity index (χ1) is 9.97. The van der Waals surface area contributed by atoms with E-state index >= 15 is 0 Å². The van der Waals surface area contributed by atoms with Crippen LogP contribution in [0.25, 0.3) is 0 Å². The number of thiophene rings is 1. The van der Waals surface area contributed by atoms with Gasteiger partial charge in [0, 0.05) is 32.5 Å². The SMILES string of the molecule is CCC(=O)c1sc(N2CCC(NC(C)=O)C2)c(C#N)c1N. The van der Waals surface area contributed by atoms with Gasteiger partial charge in [0.1, 0.15) is 16.6 Å². The van der Waals surface area contributed by atoms with E-state index in [0.717, 1.165) is 18.0 Å². The Kier molecular flexibility index (Phi) is 4.48. The molecule has 0 aliphatic carbocycles. The van der Waals surface area contributed by atoms with E-state index in [1.165, 1.54) is 18.3 Å². The number of anilines is 2. The Morgan fingerprint density at radius 1 is 1.57 bits per heavy atom. The fraction of sp³-hybridized carbons (Fsp3) is 0.500. The van der Waals surface area contributed by atoms with Gasteiger partial charge in [-0.05, 0) is 6.42 Å². The smallest absolute Gasteiger partial charge is 0.217 e. The summed E-state index contributed by atoms with van der Waals surface area (Å²) in [6, 6.07) is 2.17. The highest BCUT2D eigenvalue weighted by atomic mass is 32.1. The van der Waals surface area contributed by atoms with E-state index in [-0.39, 0.29) is 23.4 Å². The van der Waals surface area contributed by atoms with Gasteiger partial charge in [0.15, 0.2) is 5.78 Å². The third-order valence-electron chi connectivity index (χ3n) is 3.50. The summed E-state index contributed by atoms with van der Waals surface area (Å²) < 4.78 is 0. The van der Waals surface area contributed by atoms with Crippen molar-refractivity contribution in [3.05, 3.63) is 10.4 Å². The maximum Gasteiger partial charge on any atom is 0.217 e. The molecule has 1 saturated heterocycles. The van der Waals surface area contributed by atoms with Gasteiger partial charge in [0.25, 0.3) is 0 Å². The van der Waals surface area contributed by atoms with Crippen LogP contribution in [0.5, 0.6) is 0 Å². The number of nitrogens with one attached hydrogen (secondary N) is 1. The van der Waals surface area contributed by atoms with Crippen LogP contribution in [-0.4, -0.2) is 30.8 Å². The number of hydrogen-bond donors (Lipinski definition) is 2. The van der Waals surface area contributed by atoms with E-state index in [1.54, 1.807) is 6.92 Å². The van der Waals surface area contributed by atoms with Crippen molar-refractivity contribution in [2.45, 2.75) is 32.7 Å². The van der Waals surface area contributed by atoms with Crippen LogP contribution < -0.4 is 16.0 Å². The number of Topliss-reactive ketones (excluding diaryl/α,β-unsaturated/α-hetero) is 1. The summed E-state index contributed by atoms with van der Waals surface area (Å²) in [5, 5.41) is 12.9. The third kappa shape index (κ3) is 3.00. The Morgan fingerprint density at radius 3 is 2.86 bits per heavy atom. The first kappa shape index (κ1) is 15.3. The average molecular weight is 306 g/mol. The zero-order valence-electron chi connectivity index (χ0n) is 12.1. The highest BCUT2D eigenvalue weighted by Crippen LogP contribution is 2.39. The molecular weight excluding hydrogens is 288 g/mol. The Balaban J connectivity index is 2.27. The zero-order valence-corrected chi connectivity index (χ0v) is 12.9. The monoisotopic (exact) mass is 306 g/mol. The standard InChI is InChI=1S/C14H18N4O2S/c1-3-11(20)13-12(16)10(6-15)14(21-13)18-5-4-9(7-18)17-8(2)19/h9H,3-5,7,16H2,1-2H3,(H,17,19). The molecule has 1 unspecified atom stereocenters. The van der Waals surface area contributed by atoms with Crippen LogP contribution in [-0.2, 0) is 4.79 Å². The predicted octanol–water partition coefficient (Wildman–Crippen LogP) is 1.51. The van der Waals surface area contributed by atoms with Crippen molar-refractivity contribution in [2.75, 3.05) is 23.7 Å². The van der Waals surface area contributed by atoms with Crippen LogP contribution in [0.1, 0.15) is 41.9 Å². The Labute approximate surface area is 127 Å². The van der Waals surface area contributed by atoms with Crippen LogP contribution in [0.15, 0.2) is 0 Å². The first-order valence-electron chi connectivity index (χ1n) is 6.85. The molecule has 2 rings (SSSR count). The molecule has 6 nitrogen and oxygen atoms in total. The average Bonchev–Trinajstić information content (AvgIpc) is 3.01. The summed E-state index contributed by atoms with van der Waals surface area (Å²) in [5.41, 5.74) is 6.60. The molecule has 112 valence electrons. The van der Waals surface area contributed by atoms with Crippen molar-refractivity contribution in [1.29, 1.82) is 5.26 Å². The van der Waals surface area contributed by atoms with Crippen LogP contribution in [0.3, 0.4) is 0 Å². The van der Waals surface area contributed by atoms with Crippen LogP contribution >= 0.6 is 11.3 Å². The first-order valence-corrected chi connectivity index (χ1v) is 7.67. The molecule has 1 aromatic rings. The summed E-state index contributed by atoms with van der Waals surface area (Å²) in [4.78, 5) is 25.5. The molecule has 3 N–H and O–H groups in total. The number of ketones is 1. The molecule has 1 aliphatic rings. The van der Waals surface area contributed by atoms with Crippen molar-refractivity contribution < 1.29 is 9.59 Å². The molecule has 21 heavy (non-hydrogen) atoms. The summed E-state index contributed by atoms with van der Waals surface area (Å²) in [7, 11) is 0. The molecule has 1 aromatic heterocycles. The normalized spacial score (nSPS) is 17.6. The Morgan fingerprint density at radius 2 is 2.29 bits per heavy atom. The number of hydrogen-bond acceptors (Lipinski definition) is 6. The molecule has 0 saturated carbocycles. The van der Waals surface area contributed by atoms with Gasteiger partial charge < -0.3 is 16.0 Å². The van der Waals surface area contributed by atoms with E-state index in [0.29, 0.717) is 23.4 Å². The van der Waals surface area contributed by atoms with Crippen molar-refractivity contribution in [2.24, 2.45) is 0 Å². The number of nitrogen functional groups attached to an aromatic ring is 1. The zero-order chi connectivity index (χ0) is 15.6. The topological polar surface area (TPSA) is 99.2 Å². The third-order valence-corrected chi connectivity index (χ3v) is 4.80. The van der Waals surface area contributed by atoms with E-state index < -0.39 is 0 Å². The Bertz CT molecular complexity index is 617. The maximum atomic E-state index is 11.9. The van der Waals surface area contributed by atoms with Crippen molar-refractivity contribution >= 4 is 33.7 Å². The number of carbonyl (C=O) groups is 2. The van der Waals surface area contributed by atoms with Gasteiger partial charge in [-0.1, -0.05) is 6.92 Å². The molecule has 7 heteroatoms. The molecule has 1 aliphatic heterocycles. The summed E-state index contributed by atoms with van der Waals surface area (Å²) in [6.45, 7) is 4.63. The summed E-state index contributed by atoms with van der Waals surface area (Å²) in [5.74, 6) is -0.104. The molecule has 1 amide bonds. The van der Waals surface area contributed by atoms with Gasteiger partial charge in [0.05, 0.1) is 10.6 Å². The van der Waals surface area contributed by atoms with Crippen molar-refractivity contribution in [3.8, 4) is 6.07 Å². The van der Waals surface area contributed by atoms with E-state index in [2.05, 4.69) is 11.4 Å². The Hall–Kier alpha value is -2.07. The fourth-order valence-corrected chi connectivity index (χ4v) is 3.70. The molecular formula is C14H18N4O2S. The minimum Gasteiger partial charge on any atom is -0.396 e. The minimum atomic E-state index is -0.0603. The largest absolute Gasteiger partial charge is 0.396 e. The van der Waals surface area contributed by atoms with Gasteiger partial charge in [-0.3, -0.25) is 9.59 Å². The highest BCUT2D eigenvalue weighted by molar-refractivity contribution is 7.19. The fourth-order valence-electron chi connectivity index (χ4n) is 2.48. The van der Waals surface area contributed by atoms with Crippen LogP contribution in [0, 0.1) is 11.3 Å². The number of carbonyl (C=O) groups excluding carboxylic acids is 2. The second-order valence-electron chi connectivity index (χ2n) is 5.05. The maximum absolute atomic E-state index is 11.9. The summed E-state index contributed by atoms with van der Waals surface area (Å²) >= 11 is 1.28. The van der Waals surface area contributed by atoms with E-state index in [4.69, 9.17) is 5.73 Å². The molecule has 0 bridgehead atoms. The van der Waals surface area contributed by atoms with Crippen molar-refractivity contribution in [3.63, 3.8) is 0 Å². The summed E-state index contributed by atoms with van der Waals surface area (Å²) in [6.07, 6.45) is 1.18. The lowest BCUT2D eigenvalue weighted by molar-refractivity contribution is -0.119. The number of nitrogens with zero attached hydrogens (tertiary/aromatic N) is 2. The predicted molar refractivity (Wildman–Crippen MR) is 82.5 cm³/mol. The molecule has 0 aromatic carbocycles. The minimum absolute atomic E-state index is 0.0437. The van der Waals surface area contributed by atoms with Gasteiger partial charge >= 0.3 is 0 Å². The van der Waals surface area contributed by atoms with Gasteiger partial charge in [-0.15, -0.1) is 11.3 Å². The van der Waals surface area contributed by atoms with Crippen molar-refractivity contribution in [1.82, 2.24) is 5.32 Å². The lowest BCUT2D eigenvalue weighted by Gasteiger charge is -2.17. The lowest BCUT2D eigenvalue weighted by Crippen LogP contribution is -2.35. The highest BCUT2D eigenvalue weighted by Gasteiger charge is 2.29. The lowest BCUT2D eigenvalue weighted by atomic mass is 10.2. The molecule has 1 fully saturated rings. The molecule has 0 spiro atoms. The molecule has 0 radical (unpaired) electrons. The van der Waals surface area contributed by atoms with Gasteiger partial charge in [-0.2, -0.15) is 5.26 Å². The number of rotatable bonds is 4. The van der Waals surface area contributed by atoms with Crippen LogP contribution in [0.4, 0.5) is 10.7 Å². The van der Waals surface area contributed by atoms with Gasteiger partial charge in [-0.25, -0.2) is 0 Å². The number of amides is 1. The number of nitriles is 1. The van der Waals surface area contributed by atoms with E-state index in [9.17, 15) is 14.9 Å². The van der Waals surface area contributed by atoms with Gasteiger partial charge in [0.2, 0.25) is 5.91 Å². The number of nitrogens with two attached hydrogens (primary N) is 1. The molecule has 1 atom stereocenters. The van der Waals surface area contributed by atoms with Crippen LogP contribution in [0.2, 0.25) is 0 Å². The second-order valence-corrected chi connectivity index (χ2v) is 6.04. The van der Waals surface area contributed by atoms with E-state index in [1.807, 2.05) is 4.90 Å². The molecule has 2 heterocycles. The second kappa shape index (κ2) is 6.14.